The van der Waals surface area contributed by atoms with Crippen LogP contribution < -0.4 is 5.32 Å². The number of likely N-dealkylation sites (tertiary alicyclic amines) is 1. The van der Waals surface area contributed by atoms with Crippen molar-refractivity contribution in [1.29, 1.82) is 0 Å². The van der Waals surface area contributed by atoms with E-state index < -0.39 is 30.5 Å². The fourth-order valence-corrected chi connectivity index (χ4v) is 2.00. The van der Waals surface area contributed by atoms with Crippen LogP contribution in [0.4, 0.5) is 18.9 Å². The van der Waals surface area contributed by atoms with E-state index in [4.69, 9.17) is 0 Å². The maximum atomic E-state index is 12.3. The van der Waals surface area contributed by atoms with Crippen molar-refractivity contribution in [3.05, 3.63) is 24.5 Å². The van der Waals surface area contributed by atoms with Crippen molar-refractivity contribution in [1.82, 2.24) is 9.88 Å². The Hall–Kier alpha value is -2.12. The third-order valence-electron chi connectivity index (χ3n) is 2.88. The molecule has 1 unspecified atom stereocenters. The number of amides is 2. The molecule has 0 aromatic carbocycles. The van der Waals surface area contributed by atoms with Crippen molar-refractivity contribution >= 4 is 17.5 Å². The van der Waals surface area contributed by atoms with Gasteiger partial charge in [0.25, 0.3) is 0 Å². The molecule has 2 rings (SSSR count). The van der Waals surface area contributed by atoms with Gasteiger partial charge in [0.05, 0.1) is 17.8 Å². The lowest BCUT2D eigenvalue weighted by Crippen LogP contribution is -2.36. The Kier molecular flexibility index (Phi) is 3.91. The molecule has 0 bridgehead atoms. The minimum Gasteiger partial charge on any atom is -0.333 e. The quantitative estimate of drug-likeness (QED) is 0.914. The average molecular weight is 287 g/mol. The topological polar surface area (TPSA) is 62.3 Å². The average Bonchev–Trinajstić information content (AvgIpc) is 2.70. The first kappa shape index (κ1) is 14.3. The van der Waals surface area contributed by atoms with Crippen molar-refractivity contribution in [2.24, 2.45) is 5.92 Å². The van der Waals surface area contributed by atoms with E-state index in [9.17, 15) is 22.8 Å². The summed E-state index contributed by atoms with van der Waals surface area (Å²) in [6.07, 6.45) is -1.71. The molecule has 5 nitrogen and oxygen atoms in total. The van der Waals surface area contributed by atoms with Gasteiger partial charge in [0.1, 0.15) is 6.54 Å². The number of hydrogen-bond donors (Lipinski definition) is 1. The van der Waals surface area contributed by atoms with E-state index in [0.29, 0.717) is 10.6 Å². The highest BCUT2D eigenvalue weighted by Crippen LogP contribution is 2.24. The van der Waals surface area contributed by atoms with Gasteiger partial charge in [-0.1, -0.05) is 0 Å². The fraction of sp³-hybridized carbons (Fsp3) is 0.417. The van der Waals surface area contributed by atoms with Crippen molar-refractivity contribution in [2.45, 2.75) is 12.6 Å². The zero-order valence-corrected chi connectivity index (χ0v) is 10.4. The number of rotatable bonds is 3. The first-order valence-corrected chi connectivity index (χ1v) is 5.90. The molecule has 2 heterocycles. The molecule has 2 amide bonds. The molecule has 20 heavy (non-hydrogen) atoms. The van der Waals surface area contributed by atoms with Gasteiger partial charge in [-0.3, -0.25) is 14.6 Å². The largest absolute Gasteiger partial charge is 0.406 e. The maximum Gasteiger partial charge on any atom is 0.406 e. The summed E-state index contributed by atoms with van der Waals surface area (Å²) in [6.45, 7) is -1.53. The summed E-state index contributed by atoms with van der Waals surface area (Å²) in [5.74, 6) is -1.91. The number of nitrogens with one attached hydrogen (secondary N) is 1. The van der Waals surface area contributed by atoms with Crippen LogP contribution in [-0.4, -0.2) is 41.0 Å². The summed E-state index contributed by atoms with van der Waals surface area (Å²) < 4.78 is 36.8. The molecule has 1 aromatic rings. The second-order valence-electron chi connectivity index (χ2n) is 4.52. The van der Waals surface area contributed by atoms with Crippen molar-refractivity contribution in [3.63, 3.8) is 0 Å². The Morgan fingerprint density at radius 2 is 2.25 bits per heavy atom. The van der Waals surface area contributed by atoms with E-state index in [1.54, 1.807) is 12.1 Å². The molecule has 0 aliphatic carbocycles. The standard InChI is InChI=1S/C12H12F3N3O2/c13-12(14,15)7-18-6-8(4-10(18)19)11(20)17-9-2-1-3-16-5-9/h1-3,5,8H,4,6-7H2,(H,17,20). The van der Waals surface area contributed by atoms with Crippen molar-refractivity contribution in [2.75, 3.05) is 18.4 Å². The third-order valence-corrected chi connectivity index (χ3v) is 2.88. The number of carbonyl (C=O) groups is 2. The van der Waals surface area contributed by atoms with Gasteiger partial charge in [-0.25, -0.2) is 0 Å². The minimum atomic E-state index is -4.45. The number of nitrogens with zero attached hydrogens (tertiary/aromatic N) is 2. The molecule has 1 aromatic heterocycles. The SMILES string of the molecule is O=C(Nc1cccnc1)C1CC(=O)N(CC(F)(F)F)C1. The fourth-order valence-electron chi connectivity index (χ4n) is 2.00. The van der Waals surface area contributed by atoms with Crippen LogP contribution in [0.25, 0.3) is 0 Å². The van der Waals surface area contributed by atoms with E-state index in [2.05, 4.69) is 10.3 Å². The molecular weight excluding hydrogens is 275 g/mol. The highest BCUT2D eigenvalue weighted by atomic mass is 19.4. The zero-order chi connectivity index (χ0) is 14.8. The maximum absolute atomic E-state index is 12.3. The molecule has 8 heteroatoms. The van der Waals surface area contributed by atoms with Gasteiger partial charge in [0.2, 0.25) is 11.8 Å². The lowest BCUT2D eigenvalue weighted by atomic mass is 10.1. The number of anilines is 1. The Morgan fingerprint density at radius 1 is 1.50 bits per heavy atom. The van der Waals surface area contributed by atoms with Crippen LogP contribution in [0.5, 0.6) is 0 Å². The van der Waals surface area contributed by atoms with Crippen LogP contribution in [0.3, 0.4) is 0 Å². The summed E-state index contributed by atoms with van der Waals surface area (Å²) in [5.41, 5.74) is 0.444. The second kappa shape index (κ2) is 5.48. The van der Waals surface area contributed by atoms with E-state index in [0.717, 1.165) is 0 Å². The molecule has 1 fully saturated rings. The number of aromatic nitrogens is 1. The van der Waals surface area contributed by atoms with Crippen LogP contribution in [0, 0.1) is 5.92 Å². The normalized spacial score (nSPS) is 19.2. The summed E-state index contributed by atoms with van der Waals surface area (Å²) in [5, 5.41) is 2.53. The smallest absolute Gasteiger partial charge is 0.333 e. The number of pyridine rings is 1. The summed E-state index contributed by atoms with van der Waals surface area (Å²) in [6, 6.07) is 3.22. The van der Waals surface area contributed by atoms with Gasteiger partial charge >= 0.3 is 6.18 Å². The molecule has 1 aliphatic heterocycles. The van der Waals surface area contributed by atoms with Crippen LogP contribution in [0.2, 0.25) is 0 Å². The Labute approximate surface area is 112 Å². The van der Waals surface area contributed by atoms with Gasteiger partial charge in [-0.15, -0.1) is 0 Å². The predicted molar refractivity (Wildman–Crippen MR) is 63.6 cm³/mol. The Bertz CT molecular complexity index is 504. The monoisotopic (exact) mass is 287 g/mol. The molecule has 1 saturated heterocycles. The molecule has 1 aliphatic rings. The molecule has 0 radical (unpaired) electrons. The highest BCUT2D eigenvalue weighted by Gasteiger charge is 2.40. The molecular formula is C12H12F3N3O2. The lowest BCUT2D eigenvalue weighted by molar-refractivity contribution is -0.157. The van der Waals surface area contributed by atoms with Crippen LogP contribution in [0.1, 0.15) is 6.42 Å². The lowest BCUT2D eigenvalue weighted by Gasteiger charge is -2.18. The van der Waals surface area contributed by atoms with Gasteiger partial charge in [0, 0.05) is 19.2 Å². The number of alkyl halides is 3. The molecule has 1 atom stereocenters. The Morgan fingerprint density at radius 3 is 2.85 bits per heavy atom. The van der Waals surface area contributed by atoms with Gasteiger partial charge in [-0.2, -0.15) is 13.2 Å². The second-order valence-corrected chi connectivity index (χ2v) is 4.52. The molecule has 0 saturated carbocycles. The summed E-state index contributed by atoms with van der Waals surface area (Å²) >= 11 is 0. The van der Waals surface area contributed by atoms with E-state index in [1.165, 1.54) is 12.4 Å². The Balaban J connectivity index is 1.94. The first-order chi connectivity index (χ1) is 9.35. The van der Waals surface area contributed by atoms with Crippen molar-refractivity contribution < 1.29 is 22.8 Å². The third kappa shape index (κ3) is 3.69. The number of carbonyl (C=O) groups excluding carboxylic acids is 2. The summed E-state index contributed by atoms with van der Waals surface area (Å²) in [4.78, 5) is 27.8. The van der Waals surface area contributed by atoms with E-state index in [1.807, 2.05) is 0 Å². The first-order valence-electron chi connectivity index (χ1n) is 5.90. The minimum absolute atomic E-state index is 0.206. The van der Waals surface area contributed by atoms with E-state index in [-0.39, 0.29) is 13.0 Å². The highest BCUT2D eigenvalue weighted by molar-refractivity contribution is 5.97. The predicted octanol–water partition coefficient (Wildman–Crippen LogP) is 1.43. The number of hydrogen-bond acceptors (Lipinski definition) is 3. The van der Waals surface area contributed by atoms with Gasteiger partial charge in [-0.05, 0) is 12.1 Å². The number of halogens is 3. The van der Waals surface area contributed by atoms with Crippen molar-refractivity contribution in [3.8, 4) is 0 Å². The van der Waals surface area contributed by atoms with Crippen LogP contribution in [-0.2, 0) is 9.59 Å². The molecule has 108 valence electrons. The van der Waals surface area contributed by atoms with Gasteiger partial charge in [0.15, 0.2) is 0 Å². The van der Waals surface area contributed by atoms with Gasteiger partial charge < -0.3 is 10.2 Å². The van der Waals surface area contributed by atoms with Crippen LogP contribution in [0.15, 0.2) is 24.5 Å². The van der Waals surface area contributed by atoms with Crippen LogP contribution >= 0.6 is 0 Å². The zero-order valence-electron chi connectivity index (χ0n) is 10.4. The molecule has 1 N–H and O–H groups in total. The molecule has 0 spiro atoms. The summed E-state index contributed by atoms with van der Waals surface area (Å²) in [7, 11) is 0. The van der Waals surface area contributed by atoms with E-state index >= 15 is 0 Å².